The van der Waals surface area contributed by atoms with Gasteiger partial charge in [-0.1, -0.05) is 0 Å². The van der Waals surface area contributed by atoms with Crippen LogP contribution in [0.4, 0.5) is 0 Å². The van der Waals surface area contributed by atoms with Crippen molar-refractivity contribution >= 4 is 0 Å². The van der Waals surface area contributed by atoms with E-state index in [0.29, 0.717) is 0 Å². The third-order valence-electron chi connectivity index (χ3n) is 35.3. The fourth-order valence-electron chi connectivity index (χ4n) is 41.5. The molecule has 28 aliphatic carbocycles. The van der Waals surface area contributed by atoms with Crippen LogP contribution in [0.2, 0.25) is 0 Å². The molecule has 28 saturated carbocycles. The van der Waals surface area contributed by atoms with Crippen LogP contribution in [0.25, 0.3) is 0 Å². The van der Waals surface area contributed by atoms with Crippen LogP contribution in [-0.4, -0.2) is 0 Å². The molecule has 13 spiro atoms. The van der Waals surface area contributed by atoms with Crippen LogP contribution in [0.1, 0.15) is 25.7 Å². The molecule has 45 heavy (non-hydrogen) atoms. The highest BCUT2D eigenvalue weighted by molar-refractivity contribution is 5.84. The zero-order chi connectivity index (χ0) is 25.5. The molecule has 0 aromatic carbocycles. The zero-order valence-corrected chi connectivity index (χ0v) is 25.5. The molecule has 24 atom stereocenters. The second-order valence-electron chi connectivity index (χ2n) is 27.8. The highest BCUT2D eigenvalue weighted by Crippen LogP contribution is 3.41. The van der Waals surface area contributed by atoms with Crippen LogP contribution in [0.5, 0.6) is 0 Å². The van der Waals surface area contributed by atoms with Crippen molar-refractivity contribution in [2.45, 2.75) is 25.7 Å². The molecule has 28 fully saturated rings. The highest BCUT2D eigenvalue weighted by atomic mass is 15.4. The van der Waals surface area contributed by atoms with Crippen molar-refractivity contribution in [3.63, 3.8) is 0 Å². The first-order valence-electron chi connectivity index (χ1n) is 22.3. The van der Waals surface area contributed by atoms with Gasteiger partial charge in [-0.3, -0.25) is 0 Å². The first-order valence-corrected chi connectivity index (χ1v) is 22.3. The normalized spacial score (nSPS) is 125. The van der Waals surface area contributed by atoms with Crippen molar-refractivity contribution in [3.05, 3.63) is 0 Å². The first-order chi connectivity index (χ1) is 22.3. The Kier molecular flexibility index (Phi) is 1.10. The van der Waals surface area contributed by atoms with E-state index in [1.165, 1.54) is 166 Å². The fraction of sp³-hybridized carbons (Fsp3) is 1.00. The van der Waals surface area contributed by atoms with Gasteiger partial charge in [0.25, 0.3) is 0 Å². The third-order valence-corrected chi connectivity index (χ3v) is 35.3. The van der Waals surface area contributed by atoms with Gasteiger partial charge < -0.3 is 0 Å². The Bertz CT molecular complexity index is 2150. The van der Waals surface area contributed by atoms with Gasteiger partial charge in [0, 0.05) is 0 Å². The molecule has 28 rings (SSSR count). The van der Waals surface area contributed by atoms with E-state index < -0.39 is 0 Å². The van der Waals surface area contributed by atoms with Crippen LogP contribution in [0.3, 0.4) is 0 Å². The van der Waals surface area contributed by atoms with Crippen molar-refractivity contribution in [1.82, 2.24) is 0 Å². The molecular formula is C45H36. The standard InChI is InChI=1S/C45H36/c1-5-2-8-12-16-20-24-28-32-30-26-22-18-14-10-4-6-3-9-13-17-21-25-29-31-27-23-19-15-11-7(1)33(5,8)35(11,12)37(15,16)39(19,20)41(23,24)43(27,28)45(31,32)44(29,30)42(25,26)40(21,22)38(17,18)36(13,14)34(6,9)10/h5-32H,1-4H2. The highest BCUT2D eigenvalue weighted by Gasteiger charge is 3.39. The molecule has 0 heteroatoms. The second-order valence-corrected chi connectivity index (χ2v) is 27.8. The van der Waals surface area contributed by atoms with Gasteiger partial charge in [0.2, 0.25) is 0 Å². The van der Waals surface area contributed by atoms with E-state index in [1.54, 1.807) is 25.7 Å². The minimum atomic E-state index is 1.07. The summed E-state index contributed by atoms with van der Waals surface area (Å²) >= 11 is 0. The smallest absolute Gasteiger partial charge is 0.00932 e. The van der Waals surface area contributed by atoms with E-state index in [4.69, 9.17) is 0 Å². The van der Waals surface area contributed by atoms with E-state index in [2.05, 4.69) is 0 Å². The number of hydrogen-bond acceptors (Lipinski definition) is 0. The Hall–Kier alpha value is 0. The zero-order valence-electron chi connectivity index (χ0n) is 25.5. The predicted molar refractivity (Wildman–Crippen MR) is 148 cm³/mol. The van der Waals surface area contributed by atoms with Gasteiger partial charge in [0.15, 0.2) is 0 Å². The number of rotatable bonds is 0. The number of hydrogen-bond donors (Lipinski definition) is 0. The summed E-state index contributed by atoms with van der Waals surface area (Å²) in [6.07, 6.45) is 7.03. The van der Waals surface area contributed by atoms with Gasteiger partial charge in [-0.25, -0.2) is 0 Å². The van der Waals surface area contributed by atoms with E-state index in [0.717, 1.165) is 70.4 Å². The van der Waals surface area contributed by atoms with Crippen molar-refractivity contribution in [1.29, 1.82) is 0 Å². The fourth-order valence-corrected chi connectivity index (χ4v) is 41.5. The lowest BCUT2D eigenvalue weighted by molar-refractivity contribution is -0.940. The van der Waals surface area contributed by atoms with E-state index in [9.17, 15) is 0 Å². The molecule has 0 amide bonds. The van der Waals surface area contributed by atoms with Gasteiger partial charge in [-0.2, -0.15) is 0 Å². The van der Waals surface area contributed by atoms with Gasteiger partial charge in [0.05, 0.1) is 0 Å². The van der Waals surface area contributed by atoms with Crippen LogP contribution in [0, 0.1) is 236 Å². The van der Waals surface area contributed by atoms with E-state index in [-0.39, 0.29) is 0 Å². The Morgan fingerprint density at radius 3 is 0.578 bits per heavy atom. The molecule has 0 aromatic heterocycles. The van der Waals surface area contributed by atoms with Crippen LogP contribution >= 0.6 is 0 Å². The van der Waals surface area contributed by atoms with Crippen molar-refractivity contribution in [3.8, 4) is 0 Å². The van der Waals surface area contributed by atoms with E-state index in [1.807, 2.05) is 0 Å². The second kappa shape index (κ2) is 2.95. The van der Waals surface area contributed by atoms with Gasteiger partial charge in [-0.15, -0.1) is 0 Å². The lowest BCUT2D eigenvalue weighted by atomic mass is 8.64. The molecular weight excluding hydrogens is 540 g/mol. The van der Waals surface area contributed by atoms with Crippen molar-refractivity contribution in [2.75, 3.05) is 0 Å². The maximum atomic E-state index is 1.76. The lowest BCUT2D eigenvalue weighted by Gasteiger charge is -3.39. The predicted octanol–water partition coefficient (Wildman–Crippen LogP) is 5.00. The molecule has 216 valence electrons. The Morgan fingerprint density at radius 2 is 0.378 bits per heavy atom. The lowest BCUT2D eigenvalue weighted by Crippen LogP contribution is -3.37. The summed E-state index contributed by atoms with van der Waals surface area (Å²) < 4.78 is 0. The van der Waals surface area contributed by atoms with Gasteiger partial charge in [-0.05, 0) is 262 Å². The molecule has 0 aliphatic heterocycles. The monoisotopic (exact) mass is 576 g/mol. The Morgan fingerprint density at radius 1 is 0.200 bits per heavy atom. The first kappa shape index (κ1) is 16.8. The minimum absolute atomic E-state index is 1.07. The summed E-state index contributed by atoms with van der Waals surface area (Å²) in [6, 6.07) is 0. The summed E-state index contributed by atoms with van der Waals surface area (Å²) in [5.41, 5.74) is 14.2. The number of fused-ring (bicyclic) bond motifs is 24. The van der Waals surface area contributed by atoms with Crippen LogP contribution in [0.15, 0.2) is 0 Å². The SMILES string of the molecule is C1C2CC3C4C5C6C7C8C9C%10C%11C%12C%13C%14C%15CC%16CC%17C%18C%19C%20C%21C%22C%23C%24C%25C%26C%27C%28C1C23C%284C%275C%266C%257C%248C%239C%22%10C%21%11C%20%12C%19%13C%18%14C%16%17%15. The Labute approximate surface area is 261 Å². The molecule has 24 unspecified atom stereocenters. The summed E-state index contributed by atoms with van der Waals surface area (Å²) in [5, 5.41) is 0. The molecule has 0 N–H and O–H groups in total. The van der Waals surface area contributed by atoms with Crippen LogP contribution in [-0.2, 0) is 0 Å². The average molecular weight is 577 g/mol. The molecule has 0 bridgehead atoms. The summed E-state index contributed by atoms with van der Waals surface area (Å²) in [7, 11) is 0. The Balaban J connectivity index is 0.711. The molecule has 0 saturated heterocycles. The topological polar surface area (TPSA) is 0 Å². The largest absolute Gasteiger partial charge is 0.0461 e. The summed E-state index contributed by atoms with van der Waals surface area (Å²) in [5.74, 6) is 38.3. The van der Waals surface area contributed by atoms with E-state index >= 15 is 0 Å². The van der Waals surface area contributed by atoms with Crippen molar-refractivity contribution < 1.29 is 0 Å². The van der Waals surface area contributed by atoms with Crippen molar-refractivity contribution in [2.24, 2.45) is 236 Å². The maximum Gasteiger partial charge on any atom is -0.00932 e. The molecule has 0 aromatic rings. The summed E-state index contributed by atoms with van der Waals surface area (Å²) in [6.45, 7) is 0. The molecule has 0 nitrogen and oxygen atoms in total. The molecule has 0 radical (unpaired) electrons. The van der Waals surface area contributed by atoms with Gasteiger partial charge in [0.1, 0.15) is 0 Å². The van der Waals surface area contributed by atoms with Gasteiger partial charge >= 0.3 is 0 Å². The van der Waals surface area contributed by atoms with Crippen LogP contribution < -0.4 is 0 Å². The molecule has 28 aliphatic rings. The average Bonchev–Trinajstić information content (AvgIpc) is 2.90. The minimum Gasteiger partial charge on any atom is -0.0461 e. The quantitative estimate of drug-likeness (QED) is 0.381. The maximum absolute atomic E-state index is 1.76. The molecule has 0 heterocycles. The summed E-state index contributed by atoms with van der Waals surface area (Å²) in [4.78, 5) is 0. The third kappa shape index (κ3) is 0.516.